The topological polar surface area (TPSA) is 26.3 Å². The number of hydrogen-bond donors (Lipinski definition) is 0. The van der Waals surface area contributed by atoms with Crippen molar-refractivity contribution in [1.82, 2.24) is 0 Å². The van der Waals surface area contributed by atoms with Gasteiger partial charge in [0.25, 0.3) is 0 Å². The van der Waals surface area contributed by atoms with Crippen molar-refractivity contribution < 1.29 is 9.53 Å². The molecule has 0 N–H and O–H groups in total. The molecule has 1 heterocycles. The molecule has 2 rings (SSSR count). The van der Waals surface area contributed by atoms with Crippen molar-refractivity contribution in [2.24, 2.45) is 17.8 Å². The van der Waals surface area contributed by atoms with Crippen molar-refractivity contribution in [1.29, 1.82) is 0 Å². The van der Waals surface area contributed by atoms with E-state index in [-0.39, 0.29) is 18.5 Å². The minimum atomic E-state index is 0.129. The summed E-state index contributed by atoms with van der Waals surface area (Å²) >= 11 is 1.56. The summed E-state index contributed by atoms with van der Waals surface area (Å²) in [6.45, 7) is 9.08. The fourth-order valence-electron chi connectivity index (χ4n) is 3.14. The van der Waals surface area contributed by atoms with Crippen molar-refractivity contribution in [2.75, 3.05) is 6.61 Å². The molecule has 3 heteroatoms. The first kappa shape index (κ1) is 15.7. The lowest BCUT2D eigenvalue weighted by Gasteiger charge is -2.37. The van der Waals surface area contributed by atoms with Gasteiger partial charge in [0.1, 0.15) is 6.61 Å². The number of Topliss-reactive ketones (excluding diaryl/α,β-unsaturated/α-hetero) is 1. The lowest BCUT2D eigenvalue weighted by atomic mass is 9.75. The second-order valence-corrected chi connectivity index (χ2v) is 7.80. The van der Waals surface area contributed by atoms with Gasteiger partial charge in [-0.05, 0) is 49.7 Å². The van der Waals surface area contributed by atoms with Gasteiger partial charge in [-0.3, -0.25) is 4.79 Å². The van der Waals surface area contributed by atoms with E-state index in [0.717, 1.165) is 11.3 Å². The molecular weight excluding hydrogens is 268 g/mol. The largest absolute Gasteiger partial charge is 0.370 e. The fraction of sp³-hybridized carbons (Fsp3) is 0.706. The lowest BCUT2D eigenvalue weighted by Crippen LogP contribution is -2.35. The Morgan fingerprint density at radius 2 is 2.15 bits per heavy atom. The first-order chi connectivity index (χ1) is 9.47. The fourth-order valence-corrected chi connectivity index (χ4v) is 3.94. The van der Waals surface area contributed by atoms with Gasteiger partial charge >= 0.3 is 0 Å². The monoisotopic (exact) mass is 294 g/mol. The van der Waals surface area contributed by atoms with Crippen LogP contribution in [-0.4, -0.2) is 18.5 Å². The van der Waals surface area contributed by atoms with Crippen molar-refractivity contribution in [3.05, 3.63) is 21.9 Å². The van der Waals surface area contributed by atoms with Crippen LogP contribution < -0.4 is 0 Å². The number of thiophene rings is 1. The number of hydrogen-bond acceptors (Lipinski definition) is 3. The van der Waals surface area contributed by atoms with Gasteiger partial charge in [-0.15, -0.1) is 11.3 Å². The SMILES string of the molecule is Cc1ccc(C(=O)COC2CC(C)CCC2C(C)C)s1. The van der Waals surface area contributed by atoms with Crippen LogP contribution >= 0.6 is 11.3 Å². The zero-order valence-corrected chi connectivity index (χ0v) is 13.8. The van der Waals surface area contributed by atoms with Crippen molar-refractivity contribution in [3.8, 4) is 0 Å². The molecule has 0 amide bonds. The van der Waals surface area contributed by atoms with E-state index in [1.54, 1.807) is 11.3 Å². The van der Waals surface area contributed by atoms with Crippen molar-refractivity contribution >= 4 is 17.1 Å². The summed E-state index contributed by atoms with van der Waals surface area (Å²) in [5, 5.41) is 0. The summed E-state index contributed by atoms with van der Waals surface area (Å²) in [7, 11) is 0. The number of carbonyl (C=O) groups is 1. The second kappa shape index (κ2) is 6.86. The van der Waals surface area contributed by atoms with E-state index in [1.165, 1.54) is 17.7 Å². The molecule has 1 fully saturated rings. The van der Waals surface area contributed by atoms with Crippen LogP contribution in [0.3, 0.4) is 0 Å². The van der Waals surface area contributed by atoms with Gasteiger partial charge in [-0.2, -0.15) is 0 Å². The third-order valence-electron chi connectivity index (χ3n) is 4.41. The molecule has 0 aromatic carbocycles. The molecule has 1 saturated carbocycles. The number of carbonyl (C=O) groups excluding carboxylic acids is 1. The maximum Gasteiger partial charge on any atom is 0.198 e. The number of ether oxygens (including phenoxy) is 1. The molecule has 0 bridgehead atoms. The van der Waals surface area contributed by atoms with Crippen LogP contribution in [0.1, 0.15) is 54.6 Å². The third-order valence-corrected chi connectivity index (χ3v) is 5.45. The minimum absolute atomic E-state index is 0.129. The molecule has 2 nitrogen and oxygen atoms in total. The smallest absolute Gasteiger partial charge is 0.198 e. The Morgan fingerprint density at radius 3 is 2.75 bits per heavy atom. The van der Waals surface area contributed by atoms with Gasteiger partial charge in [-0.1, -0.05) is 27.2 Å². The average molecular weight is 294 g/mol. The molecule has 1 aliphatic carbocycles. The van der Waals surface area contributed by atoms with Gasteiger partial charge in [0.05, 0.1) is 11.0 Å². The van der Waals surface area contributed by atoms with Gasteiger partial charge in [0.15, 0.2) is 5.78 Å². The highest BCUT2D eigenvalue weighted by Gasteiger charge is 2.31. The predicted octanol–water partition coefficient (Wildman–Crippen LogP) is 4.72. The molecule has 3 unspecified atom stereocenters. The van der Waals surface area contributed by atoms with E-state index in [9.17, 15) is 4.79 Å². The van der Waals surface area contributed by atoms with Crippen LogP contribution in [0.2, 0.25) is 0 Å². The third kappa shape index (κ3) is 3.92. The molecule has 3 atom stereocenters. The minimum Gasteiger partial charge on any atom is -0.370 e. The lowest BCUT2D eigenvalue weighted by molar-refractivity contribution is -0.0308. The van der Waals surface area contributed by atoms with Crippen molar-refractivity contribution in [2.45, 2.75) is 53.1 Å². The predicted molar refractivity (Wildman–Crippen MR) is 84.5 cm³/mol. The zero-order valence-electron chi connectivity index (χ0n) is 13.0. The summed E-state index contributed by atoms with van der Waals surface area (Å²) < 4.78 is 6.01. The molecule has 0 saturated heterocycles. The van der Waals surface area contributed by atoms with Crippen LogP contribution in [-0.2, 0) is 4.74 Å². The normalized spacial score (nSPS) is 26.9. The summed E-state index contributed by atoms with van der Waals surface area (Å²) in [5.74, 6) is 2.08. The molecule has 112 valence electrons. The molecule has 0 aliphatic heterocycles. The summed E-state index contributed by atoms with van der Waals surface area (Å²) in [5.41, 5.74) is 0. The Balaban J connectivity index is 1.92. The first-order valence-corrected chi connectivity index (χ1v) is 8.50. The molecule has 0 spiro atoms. The Morgan fingerprint density at radius 1 is 1.40 bits per heavy atom. The first-order valence-electron chi connectivity index (χ1n) is 7.68. The number of aryl methyl sites for hydroxylation is 1. The molecule has 0 radical (unpaired) electrons. The highest BCUT2D eigenvalue weighted by molar-refractivity contribution is 7.14. The highest BCUT2D eigenvalue weighted by atomic mass is 32.1. The van der Waals surface area contributed by atoms with Crippen LogP contribution in [0.5, 0.6) is 0 Å². The number of rotatable bonds is 5. The van der Waals surface area contributed by atoms with Gasteiger partial charge in [-0.25, -0.2) is 0 Å². The van der Waals surface area contributed by atoms with E-state index in [4.69, 9.17) is 4.74 Å². The van der Waals surface area contributed by atoms with E-state index < -0.39 is 0 Å². The highest BCUT2D eigenvalue weighted by Crippen LogP contribution is 2.35. The maximum atomic E-state index is 12.1. The molecule has 1 aliphatic rings. The Bertz CT molecular complexity index is 450. The van der Waals surface area contributed by atoms with E-state index in [0.29, 0.717) is 17.8 Å². The van der Waals surface area contributed by atoms with E-state index in [1.807, 2.05) is 19.1 Å². The van der Waals surface area contributed by atoms with Crippen LogP contribution in [0.25, 0.3) is 0 Å². The van der Waals surface area contributed by atoms with E-state index >= 15 is 0 Å². The van der Waals surface area contributed by atoms with Crippen LogP contribution in [0.4, 0.5) is 0 Å². The van der Waals surface area contributed by atoms with Gasteiger partial charge < -0.3 is 4.74 Å². The summed E-state index contributed by atoms with van der Waals surface area (Å²) in [6, 6.07) is 3.91. The van der Waals surface area contributed by atoms with E-state index in [2.05, 4.69) is 20.8 Å². The summed E-state index contributed by atoms with van der Waals surface area (Å²) in [6.07, 6.45) is 3.87. The Kier molecular flexibility index (Phi) is 5.39. The molecule has 1 aromatic rings. The van der Waals surface area contributed by atoms with Gasteiger partial charge in [0.2, 0.25) is 0 Å². The number of ketones is 1. The quantitative estimate of drug-likeness (QED) is 0.735. The molecule has 1 aromatic heterocycles. The second-order valence-electron chi connectivity index (χ2n) is 6.51. The van der Waals surface area contributed by atoms with Crippen molar-refractivity contribution in [3.63, 3.8) is 0 Å². The molecular formula is C17H26O2S. The average Bonchev–Trinajstić information content (AvgIpc) is 2.82. The zero-order chi connectivity index (χ0) is 14.7. The van der Waals surface area contributed by atoms with Crippen LogP contribution in [0, 0.1) is 24.7 Å². The van der Waals surface area contributed by atoms with Crippen LogP contribution in [0.15, 0.2) is 12.1 Å². The summed E-state index contributed by atoms with van der Waals surface area (Å²) in [4.78, 5) is 14.2. The maximum absolute atomic E-state index is 12.1. The Hall–Kier alpha value is -0.670. The van der Waals surface area contributed by atoms with Gasteiger partial charge in [0, 0.05) is 4.88 Å². The Labute approximate surface area is 126 Å². The molecule has 20 heavy (non-hydrogen) atoms. The standard InChI is InChI=1S/C17H26O2S/c1-11(2)14-7-5-12(3)9-16(14)19-10-15(18)17-8-6-13(4)20-17/h6,8,11-12,14,16H,5,7,9-10H2,1-4H3.